The summed E-state index contributed by atoms with van der Waals surface area (Å²) >= 11 is 0. The van der Waals surface area contributed by atoms with Crippen molar-refractivity contribution in [1.82, 2.24) is 4.98 Å². The van der Waals surface area contributed by atoms with Crippen molar-refractivity contribution in [2.75, 3.05) is 12.4 Å². The first kappa shape index (κ1) is 17.2. The van der Waals surface area contributed by atoms with E-state index in [9.17, 15) is 0 Å². The molecule has 2 aliphatic rings. The van der Waals surface area contributed by atoms with E-state index in [0.717, 1.165) is 23.9 Å². The third-order valence-corrected chi connectivity index (χ3v) is 5.69. The predicted octanol–water partition coefficient (Wildman–Crippen LogP) is 5.15. The van der Waals surface area contributed by atoms with E-state index in [1.165, 1.54) is 43.2 Å². The minimum absolute atomic E-state index is 0.277. The quantitative estimate of drug-likeness (QED) is 0.714. The second-order valence-corrected chi connectivity index (χ2v) is 7.58. The summed E-state index contributed by atoms with van der Waals surface area (Å²) in [5.74, 6) is 4.08. The van der Waals surface area contributed by atoms with Gasteiger partial charge in [0.15, 0.2) is 0 Å². The van der Waals surface area contributed by atoms with Crippen LogP contribution in [0.3, 0.4) is 0 Å². The normalized spacial score (nSPS) is 18.1. The molecule has 1 aromatic heterocycles. The monoisotopic (exact) mass is 352 g/mol. The van der Waals surface area contributed by atoms with Crippen LogP contribution in [0, 0.1) is 5.92 Å². The summed E-state index contributed by atoms with van der Waals surface area (Å²) < 4.78 is 11.5. The Morgan fingerprint density at radius 1 is 1.12 bits per heavy atom. The Hall–Kier alpha value is -2.23. The van der Waals surface area contributed by atoms with Crippen LogP contribution in [-0.2, 0) is 6.54 Å². The molecule has 0 bridgehead atoms. The zero-order valence-electron chi connectivity index (χ0n) is 15.7. The van der Waals surface area contributed by atoms with Gasteiger partial charge in [0.05, 0.1) is 13.2 Å². The number of rotatable bonds is 8. The second kappa shape index (κ2) is 7.56. The Balaban J connectivity index is 1.42. The van der Waals surface area contributed by atoms with Crippen molar-refractivity contribution in [3.8, 4) is 11.5 Å². The molecule has 0 aliphatic heterocycles. The molecule has 0 spiro atoms. The van der Waals surface area contributed by atoms with Gasteiger partial charge in [-0.05, 0) is 73.8 Å². The average Bonchev–Trinajstić information content (AvgIpc) is 3.43. The highest BCUT2D eigenvalue weighted by Crippen LogP contribution is 2.42. The average molecular weight is 352 g/mol. The van der Waals surface area contributed by atoms with E-state index in [4.69, 9.17) is 9.47 Å². The first-order valence-corrected chi connectivity index (χ1v) is 9.76. The topological polar surface area (TPSA) is 43.4 Å². The van der Waals surface area contributed by atoms with Crippen molar-refractivity contribution in [2.45, 2.75) is 57.6 Å². The molecule has 26 heavy (non-hydrogen) atoms. The van der Waals surface area contributed by atoms with Gasteiger partial charge in [0.2, 0.25) is 0 Å². The summed E-state index contributed by atoms with van der Waals surface area (Å²) in [7, 11) is 1.72. The molecule has 4 rings (SSSR count). The molecule has 4 heteroatoms. The van der Waals surface area contributed by atoms with Gasteiger partial charge in [0, 0.05) is 18.8 Å². The maximum atomic E-state index is 6.12. The van der Waals surface area contributed by atoms with Crippen LogP contribution in [0.4, 0.5) is 5.82 Å². The number of anilines is 1. The molecule has 0 amide bonds. The molecule has 1 aromatic carbocycles. The number of aromatic nitrogens is 1. The number of ether oxygens (including phenoxy) is 2. The number of nitrogens with one attached hydrogen (secondary N) is 1. The van der Waals surface area contributed by atoms with Crippen molar-refractivity contribution in [3.05, 3.63) is 47.7 Å². The largest absolute Gasteiger partial charge is 0.497 e. The second-order valence-electron chi connectivity index (χ2n) is 7.58. The van der Waals surface area contributed by atoms with Gasteiger partial charge >= 0.3 is 0 Å². The number of benzene rings is 1. The third kappa shape index (κ3) is 3.95. The van der Waals surface area contributed by atoms with Crippen LogP contribution in [0.25, 0.3) is 0 Å². The van der Waals surface area contributed by atoms with Gasteiger partial charge < -0.3 is 14.8 Å². The van der Waals surface area contributed by atoms with Crippen LogP contribution in [0.5, 0.6) is 11.5 Å². The molecule has 2 saturated carbocycles. The predicted molar refractivity (Wildman–Crippen MR) is 104 cm³/mol. The van der Waals surface area contributed by atoms with Crippen molar-refractivity contribution >= 4 is 5.82 Å². The van der Waals surface area contributed by atoms with Crippen molar-refractivity contribution in [3.63, 3.8) is 0 Å². The Kier molecular flexibility index (Phi) is 5.00. The van der Waals surface area contributed by atoms with E-state index >= 15 is 0 Å². The molecule has 1 atom stereocenters. The number of pyridine rings is 1. The molecular formula is C22H28N2O2. The van der Waals surface area contributed by atoms with Crippen LogP contribution in [0.1, 0.15) is 56.1 Å². The fraction of sp³-hybridized carbons (Fsp3) is 0.500. The number of methoxy groups -OCH3 is 1. The first-order valence-electron chi connectivity index (χ1n) is 9.76. The van der Waals surface area contributed by atoms with E-state index < -0.39 is 0 Å². The molecular weight excluding hydrogens is 324 g/mol. The number of hydrogen-bond acceptors (Lipinski definition) is 4. The fourth-order valence-corrected chi connectivity index (χ4v) is 3.64. The van der Waals surface area contributed by atoms with Gasteiger partial charge in [-0.3, -0.25) is 0 Å². The summed E-state index contributed by atoms with van der Waals surface area (Å²) in [5.41, 5.74) is 2.73. The summed E-state index contributed by atoms with van der Waals surface area (Å²) in [5, 5.41) is 3.46. The van der Waals surface area contributed by atoms with Gasteiger partial charge in [0.1, 0.15) is 17.3 Å². The van der Waals surface area contributed by atoms with E-state index in [-0.39, 0.29) is 6.10 Å². The van der Waals surface area contributed by atoms with Crippen LogP contribution in [0.2, 0.25) is 0 Å². The molecule has 0 saturated heterocycles. The van der Waals surface area contributed by atoms with E-state index in [1.807, 2.05) is 18.3 Å². The highest BCUT2D eigenvalue weighted by molar-refractivity contribution is 5.45. The lowest BCUT2D eigenvalue weighted by atomic mass is 9.82. The maximum absolute atomic E-state index is 6.12. The Bertz CT molecular complexity index is 754. The molecule has 2 aliphatic carbocycles. The third-order valence-electron chi connectivity index (χ3n) is 5.69. The molecule has 0 radical (unpaired) electrons. The van der Waals surface area contributed by atoms with Crippen molar-refractivity contribution in [1.29, 1.82) is 0 Å². The molecule has 2 fully saturated rings. The SMILES string of the molecule is COc1ccc(C2CC2)c(CNc2cc(OC(C)C3CCC3)ccn2)c1. The van der Waals surface area contributed by atoms with Crippen LogP contribution in [0.15, 0.2) is 36.5 Å². The molecule has 1 unspecified atom stereocenters. The fourth-order valence-electron chi connectivity index (χ4n) is 3.64. The lowest BCUT2D eigenvalue weighted by molar-refractivity contribution is 0.0989. The molecule has 4 nitrogen and oxygen atoms in total. The first-order chi connectivity index (χ1) is 12.7. The van der Waals surface area contributed by atoms with E-state index in [1.54, 1.807) is 7.11 Å². The smallest absolute Gasteiger partial charge is 0.129 e. The van der Waals surface area contributed by atoms with Crippen LogP contribution >= 0.6 is 0 Å². The minimum atomic E-state index is 0.277. The van der Waals surface area contributed by atoms with Crippen molar-refractivity contribution in [2.24, 2.45) is 5.92 Å². The van der Waals surface area contributed by atoms with Crippen LogP contribution < -0.4 is 14.8 Å². The Labute approximate surface area is 155 Å². The zero-order chi connectivity index (χ0) is 17.9. The summed E-state index contributed by atoms with van der Waals surface area (Å²) in [6.45, 7) is 2.92. The highest BCUT2D eigenvalue weighted by Gasteiger charge is 2.26. The minimum Gasteiger partial charge on any atom is -0.497 e. The van der Waals surface area contributed by atoms with Gasteiger partial charge in [0.25, 0.3) is 0 Å². The highest BCUT2D eigenvalue weighted by atomic mass is 16.5. The molecule has 2 aromatic rings. The Morgan fingerprint density at radius 3 is 2.65 bits per heavy atom. The maximum Gasteiger partial charge on any atom is 0.129 e. The molecule has 1 heterocycles. The summed E-state index contributed by atoms with van der Waals surface area (Å²) in [4.78, 5) is 4.45. The number of nitrogens with zero attached hydrogens (tertiary/aromatic N) is 1. The molecule has 138 valence electrons. The lowest BCUT2D eigenvalue weighted by Crippen LogP contribution is -2.29. The van der Waals surface area contributed by atoms with E-state index in [0.29, 0.717) is 11.8 Å². The van der Waals surface area contributed by atoms with Gasteiger partial charge in [-0.1, -0.05) is 12.5 Å². The van der Waals surface area contributed by atoms with Gasteiger partial charge in [-0.15, -0.1) is 0 Å². The standard InChI is InChI=1S/C22H28N2O2/c1-15(16-4-3-5-16)26-20-10-11-23-22(13-20)24-14-18-12-19(25-2)8-9-21(18)17-6-7-17/h8-13,15-17H,3-7,14H2,1-2H3,(H,23,24). The summed E-state index contributed by atoms with van der Waals surface area (Å²) in [6.07, 6.45) is 8.59. The zero-order valence-corrected chi connectivity index (χ0v) is 15.7. The summed E-state index contributed by atoms with van der Waals surface area (Å²) in [6, 6.07) is 10.4. The lowest BCUT2D eigenvalue weighted by Gasteiger charge is -2.31. The van der Waals surface area contributed by atoms with Crippen molar-refractivity contribution < 1.29 is 9.47 Å². The van der Waals surface area contributed by atoms with E-state index in [2.05, 4.69) is 35.4 Å². The van der Waals surface area contributed by atoms with Gasteiger partial charge in [-0.2, -0.15) is 0 Å². The van der Waals surface area contributed by atoms with Gasteiger partial charge in [-0.25, -0.2) is 4.98 Å². The Morgan fingerprint density at radius 2 is 1.96 bits per heavy atom. The molecule has 1 N–H and O–H groups in total. The number of hydrogen-bond donors (Lipinski definition) is 1. The van der Waals surface area contributed by atoms with Crippen LogP contribution in [-0.4, -0.2) is 18.2 Å².